The summed E-state index contributed by atoms with van der Waals surface area (Å²) in [6.07, 6.45) is 0. The molecule has 0 aliphatic heterocycles. The molecule has 0 aliphatic carbocycles. The van der Waals surface area contributed by atoms with Crippen molar-refractivity contribution in [2.24, 2.45) is 5.41 Å². The van der Waals surface area contributed by atoms with Crippen molar-refractivity contribution in [2.75, 3.05) is 18.9 Å². The average Bonchev–Trinajstić information content (AvgIpc) is 2.96. The fraction of sp³-hybridized carbons (Fsp3) is 0.286. The monoisotopic (exact) mass is 419 g/mol. The van der Waals surface area contributed by atoms with Crippen molar-refractivity contribution in [1.82, 2.24) is 9.88 Å². The predicted octanol–water partition coefficient (Wildman–Crippen LogP) is 4.33. The third kappa shape index (κ3) is 4.61. The van der Waals surface area contributed by atoms with Crippen LogP contribution in [0.5, 0.6) is 0 Å². The van der Waals surface area contributed by atoms with Gasteiger partial charge in [-0.15, -0.1) is 0 Å². The van der Waals surface area contributed by atoms with Gasteiger partial charge < -0.3 is 20.7 Å². The molecule has 3 rings (SSSR count). The minimum absolute atomic E-state index is 0.0200. The van der Waals surface area contributed by atoms with Gasteiger partial charge in [-0.25, -0.2) is 0 Å². The van der Waals surface area contributed by atoms with Crippen LogP contribution in [0, 0.1) is 5.41 Å². The molecule has 1 aromatic heterocycles. The number of hydrogen-bond donors (Lipinski definition) is 3. The SMILES string of the molecule is CC(C)(CO)CNC(=O)c1cc2cc(N)ccc2n1Cc1cc(Cl)cc(Cl)c1. The number of nitrogens with one attached hydrogen (secondary N) is 1. The lowest BCUT2D eigenvalue weighted by Crippen LogP contribution is -2.36. The second-order valence-corrected chi connectivity index (χ2v) is 8.59. The highest BCUT2D eigenvalue weighted by Gasteiger charge is 2.21. The minimum Gasteiger partial charge on any atom is -0.399 e. The van der Waals surface area contributed by atoms with E-state index < -0.39 is 5.41 Å². The molecule has 4 N–H and O–H groups in total. The number of carbonyl (C=O) groups excluding carboxylic acids is 1. The molecule has 2 aromatic carbocycles. The van der Waals surface area contributed by atoms with Crippen LogP contribution in [0.4, 0.5) is 5.69 Å². The summed E-state index contributed by atoms with van der Waals surface area (Å²) in [5.74, 6) is -0.218. The lowest BCUT2D eigenvalue weighted by molar-refractivity contribution is 0.0903. The highest BCUT2D eigenvalue weighted by Crippen LogP contribution is 2.26. The zero-order chi connectivity index (χ0) is 20.5. The summed E-state index contributed by atoms with van der Waals surface area (Å²) in [5.41, 5.74) is 8.41. The summed E-state index contributed by atoms with van der Waals surface area (Å²) in [4.78, 5) is 12.9. The molecule has 0 fully saturated rings. The topological polar surface area (TPSA) is 80.3 Å². The largest absolute Gasteiger partial charge is 0.399 e. The van der Waals surface area contributed by atoms with Crippen molar-refractivity contribution in [2.45, 2.75) is 20.4 Å². The lowest BCUT2D eigenvalue weighted by Gasteiger charge is -2.22. The van der Waals surface area contributed by atoms with Gasteiger partial charge in [0.2, 0.25) is 0 Å². The van der Waals surface area contributed by atoms with Gasteiger partial charge in [0.25, 0.3) is 5.91 Å². The maximum Gasteiger partial charge on any atom is 0.267 e. The van der Waals surface area contributed by atoms with Crippen LogP contribution in [0.25, 0.3) is 10.9 Å². The van der Waals surface area contributed by atoms with Crippen molar-refractivity contribution in [3.05, 3.63) is 63.8 Å². The number of nitrogens with zero attached hydrogens (tertiary/aromatic N) is 1. The van der Waals surface area contributed by atoms with E-state index in [4.69, 9.17) is 28.9 Å². The Hall–Kier alpha value is -2.21. The molecule has 0 spiro atoms. The number of amides is 1. The van der Waals surface area contributed by atoms with Gasteiger partial charge in [-0.2, -0.15) is 0 Å². The number of rotatable bonds is 6. The summed E-state index contributed by atoms with van der Waals surface area (Å²) in [5, 5.41) is 14.3. The Balaban J connectivity index is 2.01. The van der Waals surface area contributed by atoms with Crippen molar-refractivity contribution < 1.29 is 9.90 Å². The van der Waals surface area contributed by atoms with E-state index in [1.165, 1.54) is 0 Å². The van der Waals surface area contributed by atoms with Crippen LogP contribution >= 0.6 is 23.2 Å². The zero-order valence-corrected chi connectivity index (χ0v) is 17.3. The van der Waals surface area contributed by atoms with Crippen molar-refractivity contribution >= 4 is 45.7 Å². The third-order valence-electron chi connectivity index (χ3n) is 4.58. The van der Waals surface area contributed by atoms with Crippen molar-refractivity contribution in [3.63, 3.8) is 0 Å². The Labute approximate surface area is 174 Å². The van der Waals surface area contributed by atoms with E-state index in [-0.39, 0.29) is 12.5 Å². The van der Waals surface area contributed by atoms with E-state index in [1.807, 2.05) is 48.7 Å². The second kappa shape index (κ2) is 8.03. The van der Waals surface area contributed by atoms with E-state index in [0.717, 1.165) is 16.5 Å². The third-order valence-corrected chi connectivity index (χ3v) is 5.01. The molecular formula is C21H23Cl2N3O2. The molecule has 3 aromatic rings. The first kappa shape index (κ1) is 20.5. The summed E-state index contributed by atoms with van der Waals surface area (Å²) < 4.78 is 1.91. The van der Waals surface area contributed by atoms with E-state index in [9.17, 15) is 9.90 Å². The fourth-order valence-electron chi connectivity index (χ4n) is 3.00. The molecule has 0 atom stereocenters. The van der Waals surface area contributed by atoms with Gasteiger partial charge in [0.05, 0.1) is 0 Å². The number of carbonyl (C=O) groups is 1. The second-order valence-electron chi connectivity index (χ2n) is 7.72. The fourth-order valence-corrected chi connectivity index (χ4v) is 3.57. The van der Waals surface area contributed by atoms with Gasteiger partial charge >= 0.3 is 0 Å². The molecule has 148 valence electrons. The Morgan fingerprint density at radius 2 is 1.82 bits per heavy atom. The Morgan fingerprint density at radius 3 is 2.46 bits per heavy atom. The van der Waals surface area contributed by atoms with Crippen LogP contribution < -0.4 is 11.1 Å². The molecule has 0 bridgehead atoms. The van der Waals surface area contributed by atoms with Gasteiger partial charge in [-0.1, -0.05) is 37.0 Å². The molecule has 0 saturated carbocycles. The Morgan fingerprint density at radius 1 is 1.14 bits per heavy atom. The standard InChI is InChI=1S/C21H23Cl2N3O2/c1-21(2,12-27)11-25-20(28)19-8-14-7-17(24)3-4-18(14)26(19)10-13-5-15(22)9-16(23)6-13/h3-9,27H,10-12,24H2,1-2H3,(H,25,28). The molecule has 0 aliphatic rings. The van der Waals surface area contributed by atoms with E-state index in [2.05, 4.69) is 5.32 Å². The first-order valence-electron chi connectivity index (χ1n) is 8.91. The smallest absolute Gasteiger partial charge is 0.267 e. The molecule has 0 radical (unpaired) electrons. The van der Waals surface area contributed by atoms with Crippen LogP contribution in [0.2, 0.25) is 10.0 Å². The number of halogens is 2. The average molecular weight is 420 g/mol. The van der Waals surface area contributed by atoms with Crippen LogP contribution in [-0.2, 0) is 6.54 Å². The number of aliphatic hydroxyl groups excluding tert-OH is 1. The quantitative estimate of drug-likeness (QED) is 0.520. The van der Waals surface area contributed by atoms with Crippen LogP contribution in [0.15, 0.2) is 42.5 Å². The molecular weight excluding hydrogens is 397 g/mol. The minimum atomic E-state index is -0.405. The normalized spacial score (nSPS) is 11.8. The number of nitrogens with two attached hydrogens (primary N) is 1. The number of nitrogen functional groups attached to an aromatic ring is 1. The number of aromatic nitrogens is 1. The Bertz CT molecular complexity index is 1010. The number of fused-ring (bicyclic) bond motifs is 1. The highest BCUT2D eigenvalue weighted by molar-refractivity contribution is 6.34. The van der Waals surface area contributed by atoms with Gasteiger partial charge in [0.15, 0.2) is 0 Å². The van der Waals surface area contributed by atoms with Crippen LogP contribution in [0.3, 0.4) is 0 Å². The number of anilines is 1. The number of hydrogen-bond acceptors (Lipinski definition) is 3. The van der Waals surface area contributed by atoms with Crippen LogP contribution in [0.1, 0.15) is 29.9 Å². The molecule has 1 amide bonds. The first-order valence-corrected chi connectivity index (χ1v) is 9.67. The van der Waals surface area contributed by atoms with E-state index >= 15 is 0 Å². The summed E-state index contributed by atoms with van der Waals surface area (Å²) >= 11 is 12.3. The summed E-state index contributed by atoms with van der Waals surface area (Å²) in [7, 11) is 0. The zero-order valence-electron chi connectivity index (χ0n) is 15.8. The molecule has 1 heterocycles. The predicted molar refractivity (Wildman–Crippen MR) is 115 cm³/mol. The van der Waals surface area contributed by atoms with Crippen molar-refractivity contribution in [3.8, 4) is 0 Å². The Kier molecular flexibility index (Phi) is 5.89. The van der Waals surface area contributed by atoms with Crippen LogP contribution in [-0.4, -0.2) is 28.7 Å². The molecule has 7 heteroatoms. The molecule has 5 nitrogen and oxygen atoms in total. The first-order chi connectivity index (χ1) is 13.2. The summed E-state index contributed by atoms with van der Waals surface area (Å²) in [6.45, 7) is 4.54. The summed E-state index contributed by atoms with van der Waals surface area (Å²) in [6, 6.07) is 12.7. The van der Waals surface area contributed by atoms with E-state index in [1.54, 1.807) is 12.1 Å². The number of benzene rings is 2. The van der Waals surface area contributed by atoms with Gasteiger partial charge in [0, 0.05) is 51.7 Å². The lowest BCUT2D eigenvalue weighted by atomic mass is 9.95. The maximum absolute atomic E-state index is 12.9. The van der Waals surface area contributed by atoms with E-state index in [0.29, 0.717) is 34.5 Å². The molecule has 0 saturated heterocycles. The van der Waals surface area contributed by atoms with Crippen molar-refractivity contribution in [1.29, 1.82) is 0 Å². The molecule has 28 heavy (non-hydrogen) atoms. The number of aliphatic hydroxyl groups is 1. The maximum atomic E-state index is 12.9. The molecule has 0 unspecified atom stereocenters. The highest BCUT2D eigenvalue weighted by atomic mass is 35.5. The van der Waals surface area contributed by atoms with Gasteiger partial charge in [-0.05, 0) is 48.0 Å². The van der Waals surface area contributed by atoms with Gasteiger partial charge in [-0.3, -0.25) is 4.79 Å². The van der Waals surface area contributed by atoms with Gasteiger partial charge in [0.1, 0.15) is 5.69 Å².